The molecule has 0 saturated carbocycles. The van der Waals surface area contributed by atoms with E-state index in [4.69, 9.17) is 17.0 Å². The zero-order valence-electron chi connectivity index (χ0n) is 16.0. The van der Waals surface area contributed by atoms with Crippen LogP contribution in [0.3, 0.4) is 0 Å². The van der Waals surface area contributed by atoms with Crippen molar-refractivity contribution in [3.8, 4) is 0 Å². The molecule has 0 N–H and O–H groups in total. The second-order valence-corrected chi connectivity index (χ2v) is 8.31. The van der Waals surface area contributed by atoms with E-state index >= 15 is 0 Å². The molecule has 1 heterocycles. The third-order valence-corrected chi connectivity index (χ3v) is 6.54. The fourth-order valence-electron chi connectivity index (χ4n) is 2.04. The number of nitrogens with zero attached hydrogens (tertiary/aromatic N) is 1. The van der Waals surface area contributed by atoms with Crippen LogP contribution in [-0.4, -0.2) is 63.2 Å². The smallest absolute Gasteiger partial charge is 0.431 e. The van der Waals surface area contributed by atoms with E-state index < -0.39 is 21.9 Å². The monoisotopic (exact) mass is 409 g/mol. The Morgan fingerprint density at radius 1 is 1.16 bits per heavy atom. The lowest BCUT2D eigenvalue weighted by Gasteiger charge is -2.41. The molecule has 25 heavy (non-hydrogen) atoms. The molecule has 146 valence electrons. The average molecular weight is 410 g/mol. The molecule has 9 heteroatoms. The highest BCUT2D eigenvalue weighted by Gasteiger charge is 2.36. The van der Waals surface area contributed by atoms with Crippen molar-refractivity contribution in [3.05, 3.63) is 0 Å². The van der Waals surface area contributed by atoms with Crippen LogP contribution in [0.25, 0.3) is 0 Å². The van der Waals surface area contributed by atoms with Crippen LogP contribution in [-0.2, 0) is 23.2 Å². The first-order valence-corrected chi connectivity index (χ1v) is 11.1. The predicted octanol–water partition coefficient (Wildman–Crippen LogP) is 2.27. The van der Waals surface area contributed by atoms with Crippen LogP contribution in [0.1, 0.15) is 47.5 Å². The first kappa shape index (κ1) is 24.4. The maximum Gasteiger partial charge on any atom is 0.431 e. The SMILES string of the molecule is CC(=O)O[SiH2]OC(C)=O.CCN(CC)C(=S)SCCC1(CC)COC1. The summed E-state index contributed by atoms with van der Waals surface area (Å²) in [5.41, 5.74) is 0.464. The molecular formula is C16H31NO5S2Si. The van der Waals surface area contributed by atoms with Gasteiger partial charge in [-0.25, -0.2) is 0 Å². The van der Waals surface area contributed by atoms with Crippen LogP contribution in [0.4, 0.5) is 0 Å². The summed E-state index contributed by atoms with van der Waals surface area (Å²) in [6.45, 7) is 13.1. The van der Waals surface area contributed by atoms with Gasteiger partial charge in [0.25, 0.3) is 11.9 Å². The van der Waals surface area contributed by atoms with E-state index in [0.29, 0.717) is 5.41 Å². The van der Waals surface area contributed by atoms with E-state index in [0.717, 1.165) is 36.4 Å². The Morgan fingerprint density at radius 3 is 2.00 bits per heavy atom. The Morgan fingerprint density at radius 2 is 1.68 bits per heavy atom. The van der Waals surface area contributed by atoms with E-state index in [1.54, 1.807) is 0 Å². The van der Waals surface area contributed by atoms with Gasteiger partial charge < -0.3 is 18.5 Å². The van der Waals surface area contributed by atoms with Crippen LogP contribution in [0.5, 0.6) is 0 Å². The zero-order valence-corrected chi connectivity index (χ0v) is 19.0. The molecule has 1 rings (SSSR count). The van der Waals surface area contributed by atoms with Crippen molar-refractivity contribution in [2.45, 2.75) is 47.5 Å². The van der Waals surface area contributed by atoms with Gasteiger partial charge in [0.05, 0.1) is 13.2 Å². The lowest BCUT2D eigenvalue weighted by Crippen LogP contribution is -2.42. The Balaban J connectivity index is 0.000000547. The van der Waals surface area contributed by atoms with Gasteiger partial charge in [0, 0.05) is 38.1 Å². The third kappa shape index (κ3) is 10.8. The Labute approximate surface area is 163 Å². The molecule has 0 bridgehead atoms. The molecule has 0 unspecified atom stereocenters. The summed E-state index contributed by atoms with van der Waals surface area (Å²) in [5, 5.41) is 0. The maximum atomic E-state index is 10.0. The van der Waals surface area contributed by atoms with Gasteiger partial charge in [-0.2, -0.15) is 0 Å². The lowest BCUT2D eigenvalue weighted by molar-refractivity contribution is -0.136. The molecular weight excluding hydrogens is 378 g/mol. The molecule has 0 aromatic carbocycles. The normalized spacial score (nSPS) is 14.4. The molecule has 1 saturated heterocycles. The molecule has 1 aliphatic heterocycles. The minimum Gasteiger partial charge on any atom is -0.490 e. The molecule has 1 fully saturated rings. The topological polar surface area (TPSA) is 65.1 Å². The number of rotatable bonds is 8. The molecule has 0 radical (unpaired) electrons. The van der Waals surface area contributed by atoms with Gasteiger partial charge in [0.1, 0.15) is 4.32 Å². The number of thioether (sulfide) groups is 1. The molecule has 0 amide bonds. The number of carbonyl (C=O) groups is 2. The summed E-state index contributed by atoms with van der Waals surface area (Å²) < 4.78 is 15.2. The molecule has 1 aliphatic rings. The van der Waals surface area contributed by atoms with Gasteiger partial charge >= 0.3 is 10.0 Å². The fraction of sp³-hybridized carbons (Fsp3) is 0.812. The van der Waals surface area contributed by atoms with Crippen molar-refractivity contribution in [1.82, 2.24) is 4.90 Å². The Bertz CT molecular complexity index is 409. The van der Waals surface area contributed by atoms with E-state index in [9.17, 15) is 9.59 Å². The molecule has 0 aromatic rings. The van der Waals surface area contributed by atoms with Crippen LogP contribution in [0.15, 0.2) is 0 Å². The molecule has 0 spiro atoms. The summed E-state index contributed by atoms with van der Waals surface area (Å²) in [7, 11) is -1.38. The molecule has 0 aromatic heterocycles. The molecule has 0 aliphatic carbocycles. The second-order valence-electron chi connectivity index (χ2n) is 5.77. The van der Waals surface area contributed by atoms with Crippen molar-refractivity contribution >= 4 is 50.2 Å². The van der Waals surface area contributed by atoms with Gasteiger partial charge in [-0.05, 0) is 26.7 Å². The fourth-order valence-corrected chi connectivity index (χ4v) is 4.09. The lowest BCUT2D eigenvalue weighted by atomic mass is 9.81. The number of carbonyl (C=O) groups excluding carboxylic acids is 2. The summed E-state index contributed by atoms with van der Waals surface area (Å²) in [4.78, 5) is 22.3. The van der Waals surface area contributed by atoms with Crippen molar-refractivity contribution in [3.63, 3.8) is 0 Å². The van der Waals surface area contributed by atoms with Gasteiger partial charge in [-0.15, -0.1) is 0 Å². The zero-order chi connectivity index (χ0) is 19.3. The van der Waals surface area contributed by atoms with Crippen molar-refractivity contribution < 1.29 is 23.2 Å². The van der Waals surface area contributed by atoms with Crippen LogP contribution < -0.4 is 0 Å². The minimum atomic E-state index is -1.38. The van der Waals surface area contributed by atoms with Crippen LogP contribution >= 0.6 is 24.0 Å². The molecule has 6 nitrogen and oxygen atoms in total. The van der Waals surface area contributed by atoms with E-state index in [-0.39, 0.29) is 0 Å². The summed E-state index contributed by atoms with van der Waals surface area (Å²) in [6.07, 6.45) is 2.46. The Hall–Kier alpha value is -0.643. The number of hydrogen-bond donors (Lipinski definition) is 0. The highest BCUT2D eigenvalue weighted by Crippen LogP contribution is 2.36. The third-order valence-electron chi connectivity index (χ3n) is 3.97. The van der Waals surface area contributed by atoms with E-state index in [1.165, 1.54) is 26.7 Å². The second kappa shape index (κ2) is 13.5. The minimum absolute atomic E-state index is 0.400. The van der Waals surface area contributed by atoms with Gasteiger partial charge in [-0.3, -0.25) is 9.59 Å². The number of hydrogen-bond acceptors (Lipinski definition) is 7. The highest BCUT2D eigenvalue weighted by molar-refractivity contribution is 8.22. The van der Waals surface area contributed by atoms with Crippen molar-refractivity contribution in [2.75, 3.05) is 32.1 Å². The largest absolute Gasteiger partial charge is 0.490 e. The van der Waals surface area contributed by atoms with Crippen LogP contribution in [0, 0.1) is 5.41 Å². The van der Waals surface area contributed by atoms with Crippen molar-refractivity contribution in [2.24, 2.45) is 5.41 Å². The van der Waals surface area contributed by atoms with Crippen LogP contribution in [0.2, 0.25) is 0 Å². The quantitative estimate of drug-likeness (QED) is 0.447. The average Bonchev–Trinajstić information content (AvgIpc) is 2.51. The van der Waals surface area contributed by atoms with E-state index in [1.807, 2.05) is 11.8 Å². The first-order chi connectivity index (χ1) is 11.8. The predicted molar refractivity (Wildman–Crippen MR) is 108 cm³/mol. The highest BCUT2D eigenvalue weighted by atomic mass is 32.2. The van der Waals surface area contributed by atoms with Gasteiger partial charge in [0.15, 0.2) is 0 Å². The van der Waals surface area contributed by atoms with Gasteiger partial charge in [0.2, 0.25) is 0 Å². The first-order valence-electron chi connectivity index (χ1n) is 8.56. The summed E-state index contributed by atoms with van der Waals surface area (Å²) in [6, 6.07) is 0. The molecule has 0 atom stereocenters. The Kier molecular flexibility index (Phi) is 13.2. The maximum absolute atomic E-state index is 10.0. The number of thiocarbonyl (C=S) groups is 1. The summed E-state index contributed by atoms with van der Waals surface area (Å²) in [5.74, 6) is 0.331. The van der Waals surface area contributed by atoms with E-state index in [2.05, 4.69) is 34.5 Å². The van der Waals surface area contributed by atoms with Crippen molar-refractivity contribution in [1.29, 1.82) is 0 Å². The standard InChI is InChI=1S/C12H23NOS2.C4H8O4Si/c1-4-12(9-14-10-12)7-8-16-11(15)13(5-2)6-3;1-3(5)7-9-8-4(2)6/h4-10H2,1-3H3;9H2,1-2H3. The summed E-state index contributed by atoms with van der Waals surface area (Å²) >= 11 is 7.24. The van der Waals surface area contributed by atoms with Gasteiger partial charge in [-0.1, -0.05) is 30.9 Å². The number of ether oxygens (including phenoxy) is 1.